The molecule has 0 saturated carbocycles. The molecule has 1 aromatic heterocycles. The lowest BCUT2D eigenvalue weighted by molar-refractivity contribution is -0.118. The van der Waals surface area contributed by atoms with Crippen LogP contribution in [0.3, 0.4) is 0 Å². The number of amides is 1. The molecule has 6 heteroatoms. The minimum absolute atomic E-state index is 0.0441. The number of nitrogens with two attached hydrogens (primary N) is 1. The van der Waals surface area contributed by atoms with Crippen molar-refractivity contribution in [2.24, 2.45) is 0 Å². The van der Waals surface area contributed by atoms with Gasteiger partial charge in [0.25, 0.3) is 5.91 Å². The molecule has 2 rings (SSSR count). The van der Waals surface area contributed by atoms with Gasteiger partial charge in [0.15, 0.2) is 11.6 Å². The van der Waals surface area contributed by atoms with E-state index < -0.39 is 11.4 Å². The van der Waals surface area contributed by atoms with Crippen LogP contribution in [-0.2, 0) is 4.74 Å². The Bertz CT molecular complexity index is 505. The van der Waals surface area contributed by atoms with Crippen LogP contribution in [0.5, 0.6) is 0 Å². The molecule has 1 saturated heterocycles. The van der Waals surface area contributed by atoms with Gasteiger partial charge >= 0.3 is 0 Å². The van der Waals surface area contributed by atoms with Crippen LogP contribution in [0.15, 0.2) is 12.3 Å². The number of carbonyl (C=O) groups excluding carboxylic acids is 1. The van der Waals surface area contributed by atoms with Crippen molar-refractivity contribution in [2.75, 3.05) is 18.8 Å². The molecule has 1 unspecified atom stereocenters. The van der Waals surface area contributed by atoms with Crippen LogP contribution in [0.2, 0.25) is 0 Å². The number of nitrogens with zero attached hydrogens (tertiary/aromatic N) is 2. The van der Waals surface area contributed by atoms with Crippen LogP contribution >= 0.6 is 0 Å². The van der Waals surface area contributed by atoms with Gasteiger partial charge in [-0.25, -0.2) is 9.37 Å². The van der Waals surface area contributed by atoms with E-state index in [0.717, 1.165) is 0 Å². The number of halogens is 1. The highest BCUT2D eigenvalue weighted by molar-refractivity contribution is 5.95. The number of anilines is 1. The van der Waals surface area contributed by atoms with Crippen LogP contribution in [0.4, 0.5) is 10.2 Å². The quantitative estimate of drug-likeness (QED) is 0.836. The van der Waals surface area contributed by atoms with Crippen LogP contribution in [-0.4, -0.2) is 40.6 Å². The highest BCUT2D eigenvalue weighted by atomic mass is 19.1. The molecule has 0 aromatic carbocycles. The third kappa shape index (κ3) is 2.84. The lowest BCUT2D eigenvalue weighted by Gasteiger charge is -2.41. The van der Waals surface area contributed by atoms with E-state index in [0.29, 0.717) is 13.1 Å². The first kappa shape index (κ1) is 13.7. The van der Waals surface area contributed by atoms with Crippen molar-refractivity contribution >= 4 is 11.7 Å². The van der Waals surface area contributed by atoms with Crippen molar-refractivity contribution in [1.82, 2.24) is 9.88 Å². The van der Waals surface area contributed by atoms with E-state index in [-0.39, 0.29) is 23.4 Å². The average molecular weight is 267 g/mol. The van der Waals surface area contributed by atoms with E-state index in [2.05, 4.69) is 4.98 Å². The van der Waals surface area contributed by atoms with E-state index >= 15 is 0 Å². The Hall–Kier alpha value is -1.69. The number of ether oxygens (including phenoxy) is 1. The van der Waals surface area contributed by atoms with Crippen LogP contribution in [0.25, 0.3) is 0 Å². The number of rotatable bonds is 1. The van der Waals surface area contributed by atoms with Gasteiger partial charge in [-0.15, -0.1) is 0 Å². The average Bonchev–Trinajstić information content (AvgIpc) is 2.29. The summed E-state index contributed by atoms with van der Waals surface area (Å²) in [7, 11) is 0. The summed E-state index contributed by atoms with van der Waals surface area (Å²) in [5.41, 5.74) is 4.90. The minimum atomic E-state index is -0.760. The minimum Gasteiger partial charge on any atom is -0.381 e. The Morgan fingerprint density at radius 2 is 2.32 bits per heavy atom. The SMILES string of the molecule is CC1CN(C(=O)c2ccnc(N)c2F)CC(C)(C)O1. The van der Waals surface area contributed by atoms with Gasteiger partial charge in [0.2, 0.25) is 0 Å². The van der Waals surface area contributed by atoms with Gasteiger partial charge in [0.05, 0.1) is 17.3 Å². The molecule has 2 heterocycles. The first-order valence-corrected chi connectivity index (χ1v) is 6.17. The van der Waals surface area contributed by atoms with Gasteiger partial charge < -0.3 is 15.4 Å². The van der Waals surface area contributed by atoms with E-state index in [1.807, 2.05) is 20.8 Å². The summed E-state index contributed by atoms with van der Waals surface area (Å²) in [4.78, 5) is 17.6. The fourth-order valence-corrected chi connectivity index (χ4v) is 2.40. The number of hydrogen-bond donors (Lipinski definition) is 1. The second-order valence-corrected chi connectivity index (χ2v) is 5.43. The van der Waals surface area contributed by atoms with Crippen molar-refractivity contribution in [3.05, 3.63) is 23.6 Å². The molecule has 1 aliphatic heterocycles. The van der Waals surface area contributed by atoms with Crippen molar-refractivity contribution in [3.63, 3.8) is 0 Å². The molecule has 1 amide bonds. The Labute approximate surface area is 111 Å². The lowest BCUT2D eigenvalue weighted by atomic mass is 10.0. The monoisotopic (exact) mass is 267 g/mol. The molecule has 0 spiro atoms. The van der Waals surface area contributed by atoms with Crippen molar-refractivity contribution < 1.29 is 13.9 Å². The normalized spacial score (nSPS) is 22.3. The molecule has 0 aliphatic carbocycles. The predicted molar refractivity (Wildman–Crippen MR) is 69.1 cm³/mol. The van der Waals surface area contributed by atoms with Crippen LogP contribution in [0, 0.1) is 5.82 Å². The fraction of sp³-hybridized carbons (Fsp3) is 0.538. The summed E-state index contributed by atoms with van der Waals surface area (Å²) in [6, 6.07) is 1.35. The maximum Gasteiger partial charge on any atom is 0.257 e. The third-order valence-corrected chi connectivity index (χ3v) is 3.00. The zero-order valence-electron chi connectivity index (χ0n) is 11.3. The van der Waals surface area contributed by atoms with E-state index in [4.69, 9.17) is 10.5 Å². The number of carbonyl (C=O) groups is 1. The second kappa shape index (κ2) is 4.77. The molecule has 19 heavy (non-hydrogen) atoms. The zero-order chi connectivity index (χ0) is 14.2. The summed E-state index contributed by atoms with van der Waals surface area (Å²) < 4.78 is 19.5. The molecule has 1 aliphatic rings. The van der Waals surface area contributed by atoms with Gasteiger partial charge in [-0.05, 0) is 26.8 Å². The summed E-state index contributed by atoms with van der Waals surface area (Å²) >= 11 is 0. The Kier molecular flexibility index (Phi) is 3.45. The number of morpholine rings is 1. The largest absolute Gasteiger partial charge is 0.381 e. The fourth-order valence-electron chi connectivity index (χ4n) is 2.40. The molecule has 1 atom stereocenters. The zero-order valence-corrected chi connectivity index (χ0v) is 11.3. The number of hydrogen-bond acceptors (Lipinski definition) is 4. The van der Waals surface area contributed by atoms with Crippen molar-refractivity contribution in [3.8, 4) is 0 Å². The van der Waals surface area contributed by atoms with Gasteiger partial charge in [-0.2, -0.15) is 0 Å². The summed E-state index contributed by atoms with van der Waals surface area (Å²) in [5, 5.41) is 0. The molecular formula is C13H18FN3O2. The van der Waals surface area contributed by atoms with E-state index in [9.17, 15) is 9.18 Å². The highest BCUT2D eigenvalue weighted by Gasteiger charge is 2.34. The number of nitrogen functional groups attached to an aromatic ring is 1. The van der Waals surface area contributed by atoms with Crippen LogP contribution in [0.1, 0.15) is 31.1 Å². The molecular weight excluding hydrogens is 249 g/mol. The maximum absolute atomic E-state index is 13.8. The molecule has 104 valence electrons. The second-order valence-electron chi connectivity index (χ2n) is 5.43. The molecule has 1 fully saturated rings. The summed E-state index contributed by atoms with van der Waals surface area (Å²) in [5.74, 6) is -1.40. The smallest absolute Gasteiger partial charge is 0.257 e. The molecule has 0 bridgehead atoms. The Morgan fingerprint density at radius 3 is 2.95 bits per heavy atom. The third-order valence-electron chi connectivity index (χ3n) is 3.00. The van der Waals surface area contributed by atoms with E-state index in [1.165, 1.54) is 12.3 Å². The van der Waals surface area contributed by atoms with Crippen LogP contribution < -0.4 is 5.73 Å². The standard InChI is InChI=1S/C13H18FN3O2/c1-8-6-17(7-13(2,3)19-8)12(18)9-4-5-16-11(15)10(9)14/h4-5,8H,6-7H2,1-3H3,(H2,15,16). The van der Waals surface area contributed by atoms with Gasteiger partial charge in [-0.3, -0.25) is 4.79 Å². The first-order valence-electron chi connectivity index (χ1n) is 6.17. The van der Waals surface area contributed by atoms with Crippen molar-refractivity contribution in [2.45, 2.75) is 32.5 Å². The summed E-state index contributed by atoms with van der Waals surface area (Å²) in [6.45, 7) is 6.54. The molecule has 2 N–H and O–H groups in total. The maximum atomic E-state index is 13.8. The first-order chi connectivity index (χ1) is 8.80. The van der Waals surface area contributed by atoms with Gasteiger partial charge in [0.1, 0.15) is 0 Å². The summed E-state index contributed by atoms with van der Waals surface area (Å²) in [6.07, 6.45) is 1.25. The van der Waals surface area contributed by atoms with Gasteiger partial charge in [-0.1, -0.05) is 0 Å². The number of aromatic nitrogens is 1. The predicted octanol–water partition coefficient (Wildman–Crippen LogP) is 1.44. The Morgan fingerprint density at radius 1 is 1.63 bits per heavy atom. The van der Waals surface area contributed by atoms with Crippen molar-refractivity contribution in [1.29, 1.82) is 0 Å². The molecule has 1 aromatic rings. The molecule has 5 nitrogen and oxygen atoms in total. The number of pyridine rings is 1. The van der Waals surface area contributed by atoms with Gasteiger partial charge in [0, 0.05) is 19.3 Å². The topological polar surface area (TPSA) is 68.5 Å². The van der Waals surface area contributed by atoms with E-state index in [1.54, 1.807) is 4.90 Å². The lowest BCUT2D eigenvalue weighted by Crippen LogP contribution is -2.53. The molecule has 0 radical (unpaired) electrons. The highest BCUT2D eigenvalue weighted by Crippen LogP contribution is 2.23. The Balaban J connectivity index is 2.26.